The van der Waals surface area contributed by atoms with Gasteiger partial charge in [0.2, 0.25) is 5.91 Å². The first-order valence-corrected chi connectivity index (χ1v) is 12.4. The van der Waals surface area contributed by atoms with Crippen LogP contribution in [0.15, 0.2) is 54.9 Å². The SMILES string of the molecule is CN(C[C@]1(O)CCN(c2ccnc3cccnc23)C1)C(=O)c1ccc(OCCN2CCCC2=O)cc1. The molecule has 36 heavy (non-hydrogen) atoms. The molecule has 2 aliphatic rings. The Kier molecular flexibility index (Phi) is 6.73. The number of carbonyl (C=O) groups excluding carboxylic acids is 2. The Morgan fingerprint density at radius 3 is 2.75 bits per heavy atom. The fraction of sp³-hybridized carbons (Fsp3) is 0.407. The number of hydrogen-bond acceptors (Lipinski definition) is 7. The van der Waals surface area contributed by atoms with Gasteiger partial charge in [0.05, 0.1) is 24.3 Å². The first-order chi connectivity index (χ1) is 17.4. The lowest BCUT2D eigenvalue weighted by Crippen LogP contribution is -2.45. The van der Waals surface area contributed by atoms with Gasteiger partial charge in [-0.05, 0) is 55.3 Å². The van der Waals surface area contributed by atoms with E-state index in [2.05, 4.69) is 14.9 Å². The Balaban J connectivity index is 1.16. The van der Waals surface area contributed by atoms with Gasteiger partial charge in [-0.1, -0.05) is 0 Å². The van der Waals surface area contributed by atoms with Crippen LogP contribution in [0.25, 0.3) is 11.0 Å². The van der Waals surface area contributed by atoms with E-state index in [0.29, 0.717) is 50.4 Å². The number of nitrogens with zero attached hydrogens (tertiary/aromatic N) is 5. The molecular weight excluding hydrogens is 458 g/mol. The molecule has 2 amide bonds. The van der Waals surface area contributed by atoms with Crippen molar-refractivity contribution in [1.82, 2.24) is 19.8 Å². The van der Waals surface area contributed by atoms with Gasteiger partial charge in [-0.2, -0.15) is 0 Å². The van der Waals surface area contributed by atoms with E-state index in [-0.39, 0.29) is 18.4 Å². The number of anilines is 1. The van der Waals surface area contributed by atoms with E-state index in [1.165, 1.54) is 0 Å². The predicted octanol–water partition coefficient (Wildman–Crippen LogP) is 2.34. The van der Waals surface area contributed by atoms with Crippen molar-refractivity contribution in [1.29, 1.82) is 0 Å². The largest absolute Gasteiger partial charge is 0.492 e. The molecule has 4 heterocycles. The summed E-state index contributed by atoms with van der Waals surface area (Å²) in [4.78, 5) is 39.1. The molecule has 9 nitrogen and oxygen atoms in total. The highest BCUT2D eigenvalue weighted by Crippen LogP contribution is 2.31. The average Bonchev–Trinajstić information content (AvgIpc) is 3.48. The van der Waals surface area contributed by atoms with Gasteiger partial charge in [-0.3, -0.25) is 19.6 Å². The zero-order chi connectivity index (χ0) is 25.1. The highest BCUT2D eigenvalue weighted by molar-refractivity contribution is 5.94. The molecule has 1 atom stereocenters. The summed E-state index contributed by atoms with van der Waals surface area (Å²) in [6.45, 7) is 3.09. The summed E-state index contributed by atoms with van der Waals surface area (Å²) >= 11 is 0. The number of ether oxygens (including phenoxy) is 1. The molecule has 1 aromatic carbocycles. The molecule has 2 fully saturated rings. The van der Waals surface area contributed by atoms with Crippen LogP contribution in [0.3, 0.4) is 0 Å². The van der Waals surface area contributed by atoms with Crippen molar-refractivity contribution in [3.8, 4) is 5.75 Å². The minimum absolute atomic E-state index is 0.160. The highest BCUT2D eigenvalue weighted by atomic mass is 16.5. The Morgan fingerprint density at radius 2 is 1.97 bits per heavy atom. The molecule has 2 aromatic heterocycles. The van der Waals surface area contributed by atoms with E-state index in [4.69, 9.17) is 4.74 Å². The number of pyridine rings is 2. The molecule has 0 spiro atoms. The molecule has 0 radical (unpaired) electrons. The van der Waals surface area contributed by atoms with E-state index in [1.54, 1.807) is 48.6 Å². The zero-order valence-electron chi connectivity index (χ0n) is 20.5. The van der Waals surface area contributed by atoms with Crippen molar-refractivity contribution in [3.63, 3.8) is 0 Å². The summed E-state index contributed by atoms with van der Waals surface area (Å²) in [5.74, 6) is 0.677. The monoisotopic (exact) mass is 489 g/mol. The maximum Gasteiger partial charge on any atom is 0.253 e. The van der Waals surface area contributed by atoms with Gasteiger partial charge in [0.25, 0.3) is 5.91 Å². The summed E-state index contributed by atoms with van der Waals surface area (Å²) < 4.78 is 5.75. The molecule has 2 aliphatic heterocycles. The van der Waals surface area contributed by atoms with Crippen LogP contribution in [0.4, 0.5) is 5.69 Å². The normalized spacial score (nSPS) is 19.8. The topological polar surface area (TPSA) is 99.1 Å². The van der Waals surface area contributed by atoms with Crippen LogP contribution in [0.1, 0.15) is 29.6 Å². The number of aliphatic hydroxyl groups is 1. The number of aromatic nitrogens is 2. The Bertz CT molecular complexity index is 1250. The van der Waals surface area contributed by atoms with Gasteiger partial charge in [0, 0.05) is 51.1 Å². The van der Waals surface area contributed by atoms with Crippen molar-refractivity contribution in [2.24, 2.45) is 0 Å². The maximum absolute atomic E-state index is 13.0. The van der Waals surface area contributed by atoms with Crippen LogP contribution < -0.4 is 9.64 Å². The zero-order valence-corrected chi connectivity index (χ0v) is 20.5. The number of hydrogen-bond donors (Lipinski definition) is 1. The van der Waals surface area contributed by atoms with Gasteiger partial charge in [0.1, 0.15) is 23.5 Å². The van der Waals surface area contributed by atoms with Crippen molar-refractivity contribution >= 4 is 28.5 Å². The molecule has 2 saturated heterocycles. The van der Waals surface area contributed by atoms with Crippen LogP contribution in [-0.4, -0.2) is 88.7 Å². The molecule has 0 bridgehead atoms. The third kappa shape index (κ3) is 5.11. The lowest BCUT2D eigenvalue weighted by Gasteiger charge is -2.29. The number of carbonyl (C=O) groups is 2. The van der Waals surface area contributed by atoms with E-state index in [9.17, 15) is 14.7 Å². The van der Waals surface area contributed by atoms with E-state index < -0.39 is 5.60 Å². The standard InChI is InChI=1S/C27H31N5O4/c1-30(26(34)20-6-8-21(9-7-20)36-17-16-31-14-3-5-24(31)33)18-27(35)11-15-32(19-27)23-10-13-28-22-4-2-12-29-25(22)23/h2,4,6-10,12-13,35H,3,5,11,14-19H2,1H3/t27-/m1/s1. The van der Waals surface area contributed by atoms with Gasteiger partial charge < -0.3 is 24.5 Å². The second-order valence-corrected chi connectivity index (χ2v) is 9.62. The van der Waals surface area contributed by atoms with Crippen LogP contribution in [-0.2, 0) is 4.79 Å². The second kappa shape index (κ2) is 10.1. The summed E-state index contributed by atoms with van der Waals surface area (Å²) in [6, 6.07) is 12.7. The van der Waals surface area contributed by atoms with E-state index >= 15 is 0 Å². The predicted molar refractivity (Wildman–Crippen MR) is 136 cm³/mol. The molecule has 0 aliphatic carbocycles. The summed E-state index contributed by atoms with van der Waals surface area (Å²) in [5.41, 5.74) is 2.07. The summed E-state index contributed by atoms with van der Waals surface area (Å²) in [5, 5.41) is 11.3. The minimum atomic E-state index is -1.02. The Hall–Kier alpha value is -3.72. The fourth-order valence-electron chi connectivity index (χ4n) is 5.05. The van der Waals surface area contributed by atoms with Crippen molar-refractivity contribution in [2.75, 3.05) is 51.3 Å². The molecule has 188 valence electrons. The number of benzene rings is 1. The van der Waals surface area contributed by atoms with E-state index in [1.807, 2.05) is 23.1 Å². The van der Waals surface area contributed by atoms with Crippen molar-refractivity contribution in [3.05, 3.63) is 60.4 Å². The number of β-amino-alcohol motifs (C(OH)–C–C–N with tert-alkyl or cyclic N) is 1. The summed E-state index contributed by atoms with van der Waals surface area (Å²) in [7, 11) is 1.71. The first kappa shape index (κ1) is 24.0. The number of fused-ring (bicyclic) bond motifs is 1. The summed E-state index contributed by atoms with van der Waals surface area (Å²) in [6.07, 6.45) is 5.58. The van der Waals surface area contributed by atoms with Gasteiger partial charge >= 0.3 is 0 Å². The van der Waals surface area contributed by atoms with Crippen molar-refractivity contribution < 1.29 is 19.4 Å². The molecule has 9 heteroatoms. The lowest BCUT2D eigenvalue weighted by atomic mass is 10.0. The van der Waals surface area contributed by atoms with Crippen LogP contribution in [0.5, 0.6) is 5.75 Å². The smallest absolute Gasteiger partial charge is 0.253 e. The fourth-order valence-corrected chi connectivity index (χ4v) is 5.05. The Morgan fingerprint density at radius 1 is 1.14 bits per heavy atom. The van der Waals surface area contributed by atoms with E-state index in [0.717, 1.165) is 29.7 Å². The quantitative estimate of drug-likeness (QED) is 0.519. The Labute approximate surface area is 210 Å². The van der Waals surface area contributed by atoms with Crippen LogP contribution >= 0.6 is 0 Å². The molecule has 0 unspecified atom stereocenters. The first-order valence-electron chi connectivity index (χ1n) is 12.4. The molecular formula is C27H31N5O4. The van der Waals surface area contributed by atoms with Gasteiger partial charge in [-0.25, -0.2) is 0 Å². The number of likely N-dealkylation sites (tertiary alicyclic amines) is 1. The van der Waals surface area contributed by atoms with Crippen LogP contribution in [0.2, 0.25) is 0 Å². The third-order valence-corrected chi connectivity index (χ3v) is 6.93. The maximum atomic E-state index is 13.0. The number of rotatable bonds is 8. The average molecular weight is 490 g/mol. The lowest BCUT2D eigenvalue weighted by molar-refractivity contribution is -0.128. The van der Waals surface area contributed by atoms with Gasteiger partial charge in [0.15, 0.2) is 0 Å². The minimum Gasteiger partial charge on any atom is -0.492 e. The van der Waals surface area contributed by atoms with Crippen LogP contribution in [0, 0.1) is 0 Å². The molecule has 3 aromatic rings. The van der Waals surface area contributed by atoms with Gasteiger partial charge in [-0.15, -0.1) is 0 Å². The molecule has 5 rings (SSSR count). The number of likely N-dealkylation sites (N-methyl/N-ethyl adjacent to an activating group) is 1. The third-order valence-electron chi connectivity index (χ3n) is 6.93. The second-order valence-electron chi connectivity index (χ2n) is 9.62. The molecule has 0 saturated carbocycles. The highest BCUT2D eigenvalue weighted by Gasteiger charge is 2.38. The van der Waals surface area contributed by atoms with Crippen molar-refractivity contribution in [2.45, 2.75) is 24.9 Å². The number of amides is 2. The molecule has 1 N–H and O–H groups in total.